The van der Waals surface area contributed by atoms with E-state index in [2.05, 4.69) is 20.0 Å². The molecule has 0 unspecified atom stereocenters. The summed E-state index contributed by atoms with van der Waals surface area (Å²) in [4.78, 5) is 24.8. The summed E-state index contributed by atoms with van der Waals surface area (Å²) in [6, 6.07) is 10.1. The Kier molecular flexibility index (Phi) is 5.09. The Balaban J connectivity index is 1.38. The Morgan fingerprint density at radius 1 is 1.04 bits per heavy atom. The van der Waals surface area contributed by atoms with E-state index in [1.54, 1.807) is 34.0 Å². The average molecular weight is 378 g/mol. The molecule has 3 heterocycles. The Labute approximate surface area is 161 Å². The molecule has 0 bridgehead atoms. The number of aromatic nitrogens is 4. The van der Waals surface area contributed by atoms with Crippen molar-refractivity contribution in [3.63, 3.8) is 0 Å². The smallest absolute Gasteiger partial charge is 0.246 e. The van der Waals surface area contributed by atoms with Crippen LogP contribution in [0.4, 0.5) is 10.2 Å². The molecule has 3 aromatic rings. The van der Waals surface area contributed by atoms with Crippen molar-refractivity contribution in [2.45, 2.75) is 0 Å². The number of hydrogen-bond acceptors (Lipinski definition) is 5. The van der Waals surface area contributed by atoms with Crippen LogP contribution in [-0.2, 0) is 4.79 Å². The van der Waals surface area contributed by atoms with Crippen molar-refractivity contribution >= 4 is 17.8 Å². The highest BCUT2D eigenvalue weighted by molar-refractivity contribution is 5.92. The van der Waals surface area contributed by atoms with Crippen molar-refractivity contribution in [1.82, 2.24) is 24.6 Å². The summed E-state index contributed by atoms with van der Waals surface area (Å²) in [6.07, 6.45) is 7.98. The molecule has 0 atom stereocenters. The Morgan fingerprint density at radius 2 is 1.82 bits per heavy atom. The van der Waals surface area contributed by atoms with E-state index in [0.717, 1.165) is 5.82 Å². The highest BCUT2D eigenvalue weighted by Gasteiger charge is 2.21. The largest absolute Gasteiger partial charge is 0.353 e. The number of anilines is 1. The zero-order chi connectivity index (χ0) is 19.3. The Bertz CT molecular complexity index is 980. The number of piperazine rings is 1. The van der Waals surface area contributed by atoms with Gasteiger partial charge in [-0.1, -0.05) is 18.2 Å². The molecular weight excluding hydrogens is 359 g/mol. The van der Waals surface area contributed by atoms with E-state index in [0.29, 0.717) is 37.6 Å². The van der Waals surface area contributed by atoms with Crippen LogP contribution in [0.2, 0.25) is 0 Å². The normalized spacial score (nSPS) is 14.6. The molecular formula is C20H19FN6O. The van der Waals surface area contributed by atoms with Gasteiger partial charge in [-0.05, 0) is 18.2 Å². The van der Waals surface area contributed by atoms with Gasteiger partial charge in [-0.15, -0.1) is 0 Å². The maximum absolute atomic E-state index is 13.7. The van der Waals surface area contributed by atoms with Crippen LogP contribution in [0, 0.1) is 5.82 Å². The van der Waals surface area contributed by atoms with E-state index < -0.39 is 0 Å². The van der Waals surface area contributed by atoms with Gasteiger partial charge in [0.25, 0.3) is 0 Å². The van der Waals surface area contributed by atoms with Crippen molar-refractivity contribution in [1.29, 1.82) is 0 Å². The van der Waals surface area contributed by atoms with E-state index in [4.69, 9.17) is 0 Å². The summed E-state index contributed by atoms with van der Waals surface area (Å²) in [6.45, 7) is 2.47. The van der Waals surface area contributed by atoms with Crippen molar-refractivity contribution in [3.05, 3.63) is 72.6 Å². The number of carbonyl (C=O) groups is 1. The van der Waals surface area contributed by atoms with E-state index in [-0.39, 0.29) is 11.7 Å². The average Bonchev–Trinajstić information content (AvgIpc) is 3.28. The molecule has 1 aliphatic heterocycles. The van der Waals surface area contributed by atoms with Crippen molar-refractivity contribution in [3.8, 4) is 5.82 Å². The molecule has 7 nitrogen and oxygen atoms in total. The summed E-state index contributed by atoms with van der Waals surface area (Å²) >= 11 is 0. The molecule has 0 saturated carbocycles. The molecule has 142 valence electrons. The molecule has 0 N–H and O–H groups in total. The van der Waals surface area contributed by atoms with Gasteiger partial charge in [0.05, 0.1) is 0 Å². The molecule has 0 spiro atoms. The SMILES string of the molecule is O=C(/C=C/c1ccccc1F)N1CCN(c2cc(-n3cccn3)ncn2)CC1. The van der Waals surface area contributed by atoms with Crippen molar-refractivity contribution in [2.75, 3.05) is 31.1 Å². The molecule has 0 radical (unpaired) electrons. The molecule has 28 heavy (non-hydrogen) atoms. The lowest BCUT2D eigenvalue weighted by atomic mass is 10.2. The first-order valence-corrected chi connectivity index (χ1v) is 8.99. The van der Waals surface area contributed by atoms with E-state index in [9.17, 15) is 9.18 Å². The second kappa shape index (κ2) is 7.99. The van der Waals surface area contributed by atoms with Gasteiger partial charge in [0.15, 0.2) is 5.82 Å². The number of carbonyl (C=O) groups excluding carboxylic acids is 1. The first-order valence-electron chi connectivity index (χ1n) is 8.99. The van der Waals surface area contributed by atoms with Crippen LogP contribution in [0.15, 0.2) is 61.2 Å². The maximum Gasteiger partial charge on any atom is 0.246 e. The van der Waals surface area contributed by atoms with Gasteiger partial charge >= 0.3 is 0 Å². The highest BCUT2D eigenvalue weighted by atomic mass is 19.1. The summed E-state index contributed by atoms with van der Waals surface area (Å²) < 4.78 is 15.3. The summed E-state index contributed by atoms with van der Waals surface area (Å²) in [5, 5.41) is 4.18. The number of halogens is 1. The third kappa shape index (κ3) is 3.90. The van der Waals surface area contributed by atoms with Crippen LogP contribution >= 0.6 is 0 Å². The fourth-order valence-corrected chi connectivity index (χ4v) is 3.07. The molecule has 1 fully saturated rings. The van der Waals surface area contributed by atoms with Crippen LogP contribution < -0.4 is 4.90 Å². The third-order valence-corrected chi connectivity index (χ3v) is 4.60. The summed E-state index contributed by atoms with van der Waals surface area (Å²) in [7, 11) is 0. The lowest BCUT2D eigenvalue weighted by Gasteiger charge is -2.34. The number of hydrogen-bond donors (Lipinski definition) is 0. The van der Waals surface area contributed by atoms with Gasteiger partial charge in [0.2, 0.25) is 5.91 Å². The van der Waals surface area contributed by atoms with E-state index in [1.807, 2.05) is 18.3 Å². The lowest BCUT2D eigenvalue weighted by molar-refractivity contribution is -0.126. The van der Waals surface area contributed by atoms with Crippen LogP contribution in [-0.4, -0.2) is 56.7 Å². The minimum atomic E-state index is -0.340. The minimum Gasteiger partial charge on any atom is -0.353 e. The van der Waals surface area contributed by atoms with Crippen LogP contribution in [0.1, 0.15) is 5.56 Å². The monoisotopic (exact) mass is 378 g/mol. The molecule has 1 saturated heterocycles. The minimum absolute atomic E-state index is 0.122. The van der Waals surface area contributed by atoms with Crippen LogP contribution in [0.5, 0.6) is 0 Å². The first kappa shape index (κ1) is 17.8. The van der Waals surface area contributed by atoms with E-state index in [1.165, 1.54) is 24.5 Å². The van der Waals surface area contributed by atoms with Gasteiger partial charge in [0.1, 0.15) is 18.0 Å². The van der Waals surface area contributed by atoms with Gasteiger partial charge in [-0.2, -0.15) is 5.10 Å². The standard InChI is InChI=1S/C20H19FN6O/c21-17-5-2-1-4-16(17)6-7-20(28)26-12-10-25(11-13-26)18-14-19(23-15-22-18)27-9-3-8-24-27/h1-9,14-15H,10-13H2/b7-6+. The molecule has 4 rings (SSSR count). The molecule has 8 heteroatoms. The summed E-state index contributed by atoms with van der Waals surface area (Å²) in [5.74, 6) is 1.03. The Morgan fingerprint density at radius 3 is 2.57 bits per heavy atom. The number of nitrogens with zero attached hydrogens (tertiary/aromatic N) is 6. The highest BCUT2D eigenvalue weighted by Crippen LogP contribution is 2.16. The number of benzene rings is 1. The van der Waals surface area contributed by atoms with Gasteiger partial charge in [-0.25, -0.2) is 19.0 Å². The zero-order valence-electron chi connectivity index (χ0n) is 15.1. The topological polar surface area (TPSA) is 67.2 Å². The summed E-state index contributed by atoms with van der Waals surface area (Å²) in [5.41, 5.74) is 0.404. The molecule has 1 aliphatic rings. The van der Waals surface area contributed by atoms with Crippen molar-refractivity contribution in [2.24, 2.45) is 0 Å². The molecule has 1 aromatic carbocycles. The van der Waals surface area contributed by atoms with E-state index >= 15 is 0 Å². The first-order chi connectivity index (χ1) is 13.7. The third-order valence-electron chi connectivity index (χ3n) is 4.60. The second-order valence-electron chi connectivity index (χ2n) is 6.35. The number of amides is 1. The Hall–Kier alpha value is -3.55. The predicted octanol–water partition coefficient (Wildman–Crippen LogP) is 2.16. The quantitative estimate of drug-likeness (QED) is 0.651. The van der Waals surface area contributed by atoms with Gasteiger partial charge in [-0.3, -0.25) is 4.79 Å². The maximum atomic E-state index is 13.7. The molecule has 0 aliphatic carbocycles. The lowest BCUT2D eigenvalue weighted by Crippen LogP contribution is -2.48. The fraction of sp³-hybridized carbons (Fsp3) is 0.200. The second-order valence-corrected chi connectivity index (χ2v) is 6.35. The fourth-order valence-electron chi connectivity index (χ4n) is 3.07. The predicted molar refractivity (Wildman–Crippen MR) is 103 cm³/mol. The van der Waals surface area contributed by atoms with Gasteiger partial charge in [0, 0.05) is 56.3 Å². The zero-order valence-corrected chi connectivity index (χ0v) is 15.1. The number of rotatable bonds is 4. The van der Waals surface area contributed by atoms with Gasteiger partial charge < -0.3 is 9.80 Å². The van der Waals surface area contributed by atoms with Crippen LogP contribution in [0.25, 0.3) is 11.9 Å². The molecule has 1 amide bonds. The van der Waals surface area contributed by atoms with Crippen molar-refractivity contribution < 1.29 is 9.18 Å². The molecule has 2 aromatic heterocycles. The van der Waals surface area contributed by atoms with Crippen LogP contribution in [0.3, 0.4) is 0 Å².